The summed E-state index contributed by atoms with van der Waals surface area (Å²) in [4.78, 5) is 17.8. The molecule has 1 N–H and O–H groups in total. The Labute approximate surface area is 176 Å². The van der Waals surface area contributed by atoms with Gasteiger partial charge in [0.25, 0.3) is 0 Å². The molecule has 0 atom stereocenters. The van der Waals surface area contributed by atoms with Crippen LogP contribution in [0.4, 0.5) is 5.13 Å². The lowest BCUT2D eigenvalue weighted by atomic mass is 10.1. The average Bonchev–Trinajstić information content (AvgIpc) is 3.17. The molecule has 2 aromatic carbocycles. The number of ether oxygens (including phenoxy) is 2. The lowest BCUT2D eigenvalue weighted by Crippen LogP contribution is -2.15. The van der Waals surface area contributed by atoms with Crippen LogP contribution in [0.5, 0.6) is 11.5 Å². The number of thiazole rings is 1. The second kappa shape index (κ2) is 8.86. The number of benzene rings is 2. The molecule has 2 heterocycles. The van der Waals surface area contributed by atoms with Gasteiger partial charge in [-0.05, 0) is 42.5 Å². The van der Waals surface area contributed by atoms with Gasteiger partial charge < -0.3 is 14.8 Å². The minimum Gasteiger partial charge on any atom is -0.486 e. The molecule has 1 aromatic heterocycles. The SMILES string of the molecule is O=C(CCSc1ccc(Cl)cc1)Nc1nc(-c2ccc3c(c2)OCCO3)cs1. The van der Waals surface area contributed by atoms with Gasteiger partial charge in [0.15, 0.2) is 16.6 Å². The molecular formula is C20H17ClN2O3S2. The Bertz CT molecular complexity index is 976. The minimum atomic E-state index is -0.0514. The van der Waals surface area contributed by atoms with Crippen LogP contribution >= 0.6 is 34.7 Å². The maximum absolute atomic E-state index is 12.2. The van der Waals surface area contributed by atoms with Gasteiger partial charge in [-0.2, -0.15) is 0 Å². The number of hydrogen-bond donors (Lipinski definition) is 1. The highest BCUT2D eigenvalue weighted by molar-refractivity contribution is 7.99. The van der Waals surface area contributed by atoms with E-state index >= 15 is 0 Å². The highest BCUT2D eigenvalue weighted by Gasteiger charge is 2.14. The van der Waals surface area contributed by atoms with Gasteiger partial charge >= 0.3 is 0 Å². The van der Waals surface area contributed by atoms with Crippen molar-refractivity contribution in [3.05, 3.63) is 52.9 Å². The zero-order valence-electron chi connectivity index (χ0n) is 14.8. The van der Waals surface area contributed by atoms with Gasteiger partial charge in [0.1, 0.15) is 13.2 Å². The molecule has 8 heteroatoms. The molecule has 0 saturated heterocycles. The van der Waals surface area contributed by atoms with Gasteiger partial charge in [-0.25, -0.2) is 4.98 Å². The van der Waals surface area contributed by atoms with E-state index in [4.69, 9.17) is 21.1 Å². The number of amides is 1. The summed E-state index contributed by atoms with van der Waals surface area (Å²) in [6, 6.07) is 13.3. The molecule has 0 radical (unpaired) electrons. The summed E-state index contributed by atoms with van der Waals surface area (Å²) >= 11 is 8.90. The van der Waals surface area contributed by atoms with E-state index in [1.807, 2.05) is 47.8 Å². The maximum atomic E-state index is 12.2. The number of nitrogens with one attached hydrogen (secondary N) is 1. The fraction of sp³-hybridized carbons (Fsp3) is 0.200. The van der Waals surface area contributed by atoms with Crippen molar-refractivity contribution in [3.63, 3.8) is 0 Å². The third kappa shape index (κ3) is 4.79. The lowest BCUT2D eigenvalue weighted by molar-refractivity contribution is -0.115. The van der Waals surface area contributed by atoms with E-state index in [0.29, 0.717) is 35.5 Å². The van der Waals surface area contributed by atoms with Crippen LogP contribution in [0.3, 0.4) is 0 Å². The van der Waals surface area contributed by atoms with Crippen LogP contribution in [0.1, 0.15) is 6.42 Å². The summed E-state index contributed by atoms with van der Waals surface area (Å²) in [5.41, 5.74) is 1.73. The summed E-state index contributed by atoms with van der Waals surface area (Å²) in [6.07, 6.45) is 0.409. The number of nitrogens with zero attached hydrogens (tertiary/aromatic N) is 1. The van der Waals surface area contributed by atoms with Crippen LogP contribution in [0.2, 0.25) is 5.02 Å². The van der Waals surface area contributed by atoms with Crippen LogP contribution in [-0.2, 0) is 4.79 Å². The Hall–Kier alpha value is -2.22. The molecular weight excluding hydrogens is 416 g/mol. The maximum Gasteiger partial charge on any atom is 0.226 e. The Morgan fingerprint density at radius 3 is 2.75 bits per heavy atom. The Morgan fingerprint density at radius 1 is 1.14 bits per heavy atom. The zero-order valence-corrected chi connectivity index (χ0v) is 17.2. The number of halogens is 1. The minimum absolute atomic E-state index is 0.0514. The van der Waals surface area contributed by atoms with E-state index in [0.717, 1.165) is 27.7 Å². The molecule has 5 nitrogen and oxygen atoms in total. The number of fused-ring (bicyclic) bond motifs is 1. The predicted octanol–water partition coefficient (Wildman–Crippen LogP) is 5.36. The first-order valence-electron chi connectivity index (χ1n) is 8.71. The smallest absolute Gasteiger partial charge is 0.226 e. The van der Waals surface area contributed by atoms with Crippen LogP contribution in [0.25, 0.3) is 11.3 Å². The average molecular weight is 433 g/mol. The molecule has 0 bridgehead atoms. The van der Waals surface area contributed by atoms with Crippen molar-refractivity contribution in [2.45, 2.75) is 11.3 Å². The number of anilines is 1. The number of rotatable bonds is 6. The summed E-state index contributed by atoms with van der Waals surface area (Å²) in [7, 11) is 0. The van der Waals surface area contributed by atoms with Gasteiger partial charge in [0.2, 0.25) is 5.91 Å². The number of carbonyl (C=O) groups excluding carboxylic acids is 1. The van der Waals surface area contributed by atoms with E-state index in [2.05, 4.69) is 10.3 Å². The summed E-state index contributed by atoms with van der Waals surface area (Å²) in [6.45, 7) is 1.11. The number of hydrogen-bond acceptors (Lipinski definition) is 6. The zero-order chi connectivity index (χ0) is 19.3. The Morgan fingerprint density at radius 2 is 1.93 bits per heavy atom. The van der Waals surface area contributed by atoms with Crippen LogP contribution in [-0.4, -0.2) is 29.9 Å². The van der Waals surface area contributed by atoms with Crippen LogP contribution < -0.4 is 14.8 Å². The monoisotopic (exact) mass is 432 g/mol. The quantitative estimate of drug-likeness (QED) is 0.531. The Balaban J connectivity index is 1.31. The highest BCUT2D eigenvalue weighted by Crippen LogP contribution is 2.35. The van der Waals surface area contributed by atoms with Gasteiger partial charge in [-0.1, -0.05) is 11.6 Å². The fourth-order valence-corrected chi connectivity index (χ4v) is 4.35. The molecule has 0 spiro atoms. The topological polar surface area (TPSA) is 60.5 Å². The second-order valence-electron chi connectivity index (χ2n) is 6.00. The van der Waals surface area contributed by atoms with Crippen molar-refractivity contribution in [1.82, 2.24) is 4.98 Å². The fourth-order valence-electron chi connectivity index (χ4n) is 2.64. The van der Waals surface area contributed by atoms with E-state index in [-0.39, 0.29) is 5.91 Å². The molecule has 28 heavy (non-hydrogen) atoms. The molecule has 0 unspecified atom stereocenters. The molecule has 0 saturated carbocycles. The van der Waals surface area contributed by atoms with Crippen molar-refractivity contribution >= 4 is 45.7 Å². The molecule has 1 aliphatic heterocycles. The summed E-state index contributed by atoms with van der Waals surface area (Å²) in [5, 5.41) is 6.09. The first-order valence-corrected chi connectivity index (χ1v) is 11.0. The third-order valence-corrected chi connectivity index (χ3v) is 6.02. The van der Waals surface area contributed by atoms with E-state index < -0.39 is 0 Å². The number of aromatic nitrogens is 1. The van der Waals surface area contributed by atoms with Gasteiger partial charge in [-0.3, -0.25) is 4.79 Å². The van der Waals surface area contributed by atoms with Crippen molar-refractivity contribution < 1.29 is 14.3 Å². The summed E-state index contributed by atoms with van der Waals surface area (Å²) < 4.78 is 11.2. The molecule has 144 valence electrons. The number of thioether (sulfide) groups is 1. The van der Waals surface area contributed by atoms with Crippen molar-refractivity contribution in [3.8, 4) is 22.8 Å². The van der Waals surface area contributed by atoms with Gasteiger partial charge in [0.05, 0.1) is 5.69 Å². The number of carbonyl (C=O) groups is 1. The molecule has 1 aliphatic rings. The predicted molar refractivity (Wildman–Crippen MR) is 114 cm³/mol. The molecule has 1 amide bonds. The highest BCUT2D eigenvalue weighted by atomic mass is 35.5. The first kappa shape index (κ1) is 19.1. The van der Waals surface area contributed by atoms with Crippen molar-refractivity contribution in [2.75, 3.05) is 24.3 Å². The van der Waals surface area contributed by atoms with E-state index in [1.165, 1.54) is 11.3 Å². The second-order valence-corrected chi connectivity index (χ2v) is 8.46. The molecule has 0 aliphatic carbocycles. The Kier molecular flexibility index (Phi) is 6.04. The van der Waals surface area contributed by atoms with Crippen molar-refractivity contribution in [1.29, 1.82) is 0 Å². The van der Waals surface area contributed by atoms with Crippen molar-refractivity contribution in [2.24, 2.45) is 0 Å². The first-order chi connectivity index (χ1) is 13.7. The normalized spacial score (nSPS) is 12.6. The van der Waals surface area contributed by atoms with E-state index in [1.54, 1.807) is 11.8 Å². The van der Waals surface area contributed by atoms with Gasteiger partial charge in [0, 0.05) is 33.0 Å². The summed E-state index contributed by atoms with van der Waals surface area (Å²) in [5.74, 6) is 2.11. The lowest BCUT2D eigenvalue weighted by Gasteiger charge is -2.18. The molecule has 0 fully saturated rings. The van der Waals surface area contributed by atoms with Gasteiger partial charge in [-0.15, -0.1) is 23.1 Å². The largest absolute Gasteiger partial charge is 0.486 e. The molecule has 3 aromatic rings. The van der Waals surface area contributed by atoms with E-state index in [9.17, 15) is 4.79 Å². The van der Waals surface area contributed by atoms with Crippen LogP contribution in [0, 0.1) is 0 Å². The standard InChI is InChI=1S/C20H17ClN2O3S2/c21-14-2-4-15(5-3-14)27-10-7-19(24)23-20-22-16(12-28-20)13-1-6-17-18(11-13)26-9-8-25-17/h1-6,11-12H,7-10H2,(H,22,23,24). The third-order valence-electron chi connectivity index (χ3n) is 4.00. The molecule has 4 rings (SSSR count). The van der Waals surface area contributed by atoms with Crippen LogP contribution in [0.15, 0.2) is 52.7 Å².